The topological polar surface area (TPSA) is 9.23 Å². The summed E-state index contributed by atoms with van der Waals surface area (Å²) in [5, 5.41) is 0. The van der Waals surface area contributed by atoms with Gasteiger partial charge in [-0.15, -0.1) is 0 Å². The molecule has 2 heteroatoms. The molecule has 0 amide bonds. The lowest BCUT2D eigenvalue weighted by molar-refractivity contribution is 0.319. The van der Waals surface area contributed by atoms with E-state index in [-0.39, 0.29) is 0 Å². The highest BCUT2D eigenvalue weighted by molar-refractivity contribution is 6.26. The first-order valence-corrected chi connectivity index (χ1v) is 10.9. The van der Waals surface area contributed by atoms with Gasteiger partial charge in [-0.1, -0.05) is 104 Å². The minimum Gasteiger partial charge on any atom is -0.417 e. The monoisotopic (exact) mass is 312 g/mol. The van der Waals surface area contributed by atoms with Crippen molar-refractivity contribution in [1.82, 2.24) is 0 Å². The molecule has 0 bridgehead atoms. The van der Waals surface area contributed by atoms with Gasteiger partial charge in [-0.05, 0) is 12.5 Å². The van der Waals surface area contributed by atoms with E-state index in [1.165, 1.54) is 102 Å². The van der Waals surface area contributed by atoms with Crippen molar-refractivity contribution < 1.29 is 4.43 Å². The first-order chi connectivity index (χ1) is 10.4. The van der Waals surface area contributed by atoms with E-state index in [1.54, 1.807) is 0 Å². The smallest absolute Gasteiger partial charge is 0.229 e. The molecule has 0 fully saturated rings. The molecule has 0 aliphatic carbocycles. The third kappa shape index (κ3) is 20.2. The van der Waals surface area contributed by atoms with Gasteiger partial charge in [0.2, 0.25) is 9.76 Å². The molecule has 2 radical (unpaired) electrons. The van der Waals surface area contributed by atoms with Crippen molar-refractivity contribution in [2.24, 2.45) is 0 Å². The molecular weight excluding hydrogens is 272 g/mol. The van der Waals surface area contributed by atoms with Gasteiger partial charge >= 0.3 is 0 Å². The van der Waals surface area contributed by atoms with E-state index in [9.17, 15) is 0 Å². The molecule has 0 aromatic rings. The van der Waals surface area contributed by atoms with Crippen LogP contribution in [0.5, 0.6) is 0 Å². The molecule has 0 heterocycles. The average Bonchev–Trinajstić information content (AvgIpc) is 2.50. The molecule has 126 valence electrons. The molecule has 0 unspecified atom stereocenters. The summed E-state index contributed by atoms with van der Waals surface area (Å²) in [4.78, 5) is 0. The van der Waals surface area contributed by atoms with Crippen LogP contribution in [0.1, 0.15) is 110 Å². The molecular formula is C19H40OSi. The van der Waals surface area contributed by atoms with Crippen LogP contribution in [0.3, 0.4) is 0 Å². The van der Waals surface area contributed by atoms with Crippen LogP contribution in [-0.4, -0.2) is 16.4 Å². The van der Waals surface area contributed by atoms with E-state index in [1.807, 2.05) is 0 Å². The van der Waals surface area contributed by atoms with Crippen LogP contribution in [0, 0.1) is 0 Å². The lowest BCUT2D eigenvalue weighted by Crippen LogP contribution is -2.00. The van der Waals surface area contributed by atoms with Crippen LogP contribution in [0.25, 0.3) is 0 Å². The van der Waals surface area contributed by atoms with E-state index in [0.717, 1.165) is 16.4 Å². The van der Waals surface area contributed by atoms with Gasteiger partial charge in [0.05, 0.1) is 0 Å². The molecule has 1 nitrogen and oxygen atoms in total. The minimum atomic E-state index is 0.755. The van der Waals surface area contributed by atoms with Crippen molar-refractivity contribution in [2.75, 3.05) is 6.61 Å². The molecule has 0 aliphatic rings. The highest BCUT2D eigenvalue weighted by atomic mass is 28.2. The number of unbranched alkanes of at least 4 members (excludes halogenated alkanes) is 13. The first-order valence-electron chi connectivity index (χ1n) is 9.76. The van der Waals surface area contributed by atoms with Crippen LogP contribution in [-0.2, 0) is 4.43 Å². The SMILES string of the molecule is CCCCCCCCCCCCCO[Si]CCCCCC. The molecule has 0 saturated carbocycles. The highest BCUT2D eigenvalue weighted by Crippen LogP contribution is 2.11. The molecule has 0 aromatic carbocycles. The summed E-state index contributed by atoms with van der Waals surface area (Å²) in [6.45, 7) is 5.56. The zero-order valence-corrected chi connectivity index (χ0v) is 15.9. The van der Waals surface area contributed by atoms with Crippen molar-refractivity contribution in [1.29, 1.82) is 0 Å². The van der Waals surface area contributed by atoms with Crippen LogP contribution in [0.15, 0.2) is 0 Å². The van der Waals surface area contributed by atoms with Gasteiger partial charge in [-0.2, -0.15) is 0 Å². The quantitative estimate of drug-likeness (QED) is 0.197. The van der Waals surface area contributed by atoms with Crippen LogP contribution < -0.4 is 0 Å². The summed E-state index contributed by atoms with van der Waals surface area (Å²) in [6, 6.07) is 1.29. The van der Waals surface area contributed by atoms with Gasteiger partial charge in [0.15, 0.2) is 0 Å². The molecule has 0 aliphatic heterocycles. The average molecular weight is 313 g/mol. The summed E-state index contributed by atoms with van der Waals surface area (Å²) in [5.74, 6) is 0. The Kier molecular flexibility index (Phi) is 20.3. The van der Waals surface area contributed by atoms with Crippen molar-refractivity contribution >= 4 is 9.76 Å². The Balaban J connectivity index is 2.90. The lowest BCUT2D eigenvalue weighted by atomic mass is 10.1. The Labute approximate surface area is 137 Å². The second-order valence-electron chi connectivity index (χ2n) is 6.34. The number of hydrogen-bond donors (Lipinski definition) is 0. The summed E-state index contributed by atoms with van der Waals surface area (Å²) in [7, 11) is 0.755. The normalized spacial score (nSPS) is 11.1. The predicted octanol–water partition coefficient (Wildman–Crippen LogP) is 6.93. The molecule has 0 aromatic heterocycles. The predicted molar refractivity (Wildman–Crippen MR) is 97.1 cm³/mol. The highest BCUT2D eigenvalue weighted by Gasteiger charge is 1.95. The fourth-order valence-corrected chi connectivity index (χ4v) is 3.43. The standard InChI is InChI=1S/C19H40OSi/c1-3-5-7-9-10-11-12-13-14-15-16-18-20-21-19-17-8-6-4-2/h3-19H2,1-2H3. The number of rotatable bonds is 18. The Morgan fingerprint density at radius 3 is 1.48 bits per heavy atom. The van der Waals surface area contributed by atoms with Gasteiger partial charge in [-0.3, -0.25) is 0 Å². The van der Waals surface area contributed by atoms with E-state index in [2.05, 4.69) is 13.8 Å². The molecule has 0 rings (SSSR count). The fourth-order valence-electron chi connectivity index (χ4n) is 2.61. The van der Waals surface area contributed by atoms with Gasteiger partial charge < -0.3 is 4.43 Å². The minimum absolute atomic E-state index is 0.755. The van der Waals surface area contributed by atoms with Gasteiger partial charge in [0.25, 0.3) is 0 Å². The van der Waals surface area contributed by atoms with Crippen LogP contribution >= 0.6 is 0 Å². The van der Waals surface area contributed by atoms with Gasteiger partial charge in [-0.25, -0.2) is 0 Å². The lowest BCUT2D eigenvalue weighted by Gasteiger charge is -2.04. The Morgan fingerprint density at radius 1 is 0.524 bits per heavy atom. The zero-order chi connectivity index (χ0) is 15.4. The largest absolute Gasteiger partial charge is 0.417 e. The molecule has 0 spiro atoms. The van der Waals surface area contributed by atoms with E-state index in [0.29, 0.717) is 0 Å². The van der Waals surface area contributed by atoms with Crippen molar-refractivity contribution in [3.63, 3.8) is 0 Å². The maximum absolute atomic E-state index is 5.72. The maximum Gasteiger partial charge on any atom is 0.229 e. The molecule has 21 heavy (non-hydrogen) atoms. The summed E-state index contributed by atoms with van der Waals surface area (Å²) in [6.07, 6.45) is 21.1. The summed E-state index contributed by atoms with van der Waals surface area (Å²) < 4.78 is 5.72. The van der Waals surface area contributed by atoms with Gasteiger partial charge in [0, 0.05) is 6.61 Å². The Bertz CT molecular complexity index is 155. The van der Waals surface area contributed by atoms with Gasteiger partial charge in [0.1, 0.15) is 0 Å². The third-order valence-electron chi connectivity index (χ3n) is 4.08. The Morgan fingerprint density at radius 2 is 0.952 bits per heavy atom. The van der Waals surface area contributed by atoms with E-state index in [4.69, 9.17) is 4.43 Å². The first kappa shape index (κ1) is 21.2. The van der Waals surface area contributed by atoms with Crippen molar-refractivity contribution in [3.05, 3.63) is 0 Å². The summed E-state index contributed by atoms with van der Waals surface area (Å²) >= 11 is 0. The third-order valence-corrected chi connectivity index (χ3v) is 5.05. The van der Waals surface area contributed by atoms with Crippen LogP contribution in [0.2, 0.25) is 6.04 Å². The zero-order valence-electron chi connectivity index (χ0n) is 14.9. The maximum atomic E-state index is 5.72. The van der Waals surface area contributed by atoms with Crippen molar-refractivity contribution in [2.45, 2.75) is 116 Å². The number of hydrogen-bond acceptors (Lipinski definition) is 1. The molecule has 0 saturated heterocycles. The molecule has 0 atom stereocenters. The second kappa shape index (κ2) is 20.2. The fraction of sp³-hybridized carbons (Fsp3) is 1.00. The van der Waals surface area contributed by atoms with E-state index < -0.39 is 0 Å². The second-order valence-corrected chi connectivity index (χ2v) is 7.42. The Hall–Kier alpha value is 0.177. The van der Waals surface area contributed by atoms with Crippen LogP contribution in [0.4, 0.5) is 0 Å². The molecule has 0 N–H and O–H groups in total. The van der Waals surface area contributed by atoms with E-state index >= 15 is 0 Å². The summed E-state index contributed by atoms with van der Waals surface area (Å²) in [5.41, 5.74) is 0. The van der Waals surface area contributed by atoms with Crippen molar-refractivity contribution in [3.8, 4) is 0 Å².